The van der Waals surface area contributed by atoms with E-state index in [1.165, 1.54) is 12.3 Å². The van der Waals surface area contributed by atoms with Gasteiger partial charge >= 0.3 is 6.18 Å². The third kappa shape index (κ3) is 4.37. The first kappa shape index (κ1) is 20.9. The molecule has 1 N–H and O–H groups in total. The molecule has 1 aromatic heterocycles. The maximum atomic E-state index is 13.4. The Hall–Kier alpha value is -2.39. The molecule has 162 valence electrons. The SMILES string of the molecule is Cc1ccnc2c(C(F)(F)F)ccc(N3CCC(NC(=O)CN4CCOCC4)C3)c12. The lowest BCUT2D eigenvalue weighted by molar-refractivity contribution is -0.136. The Labute approximate surface area is 173 Å². The van der Waals surface area contributed by atoms with Crippen molar-refractivity contribution in [3.63, 3.8) is 0 Å². The molecular weight excluding hydrogens is 397 g/mol. The van der Waals surface area contributed by atoms with E-state index in [1.807, 2.05) is 4.90 Å². The lowest BCUT2D eigenvalue weighted by Crippen LogP contribution is -2.46. The van der Waals surface area contributed by atoms with E-state index in [1.54, 1.807) is 13.0 Å². The maximum Gasteiger partial charge on any atom is 0.418 e. The van der Waals surface area contributed by atoms with E-state index in [2.05, 4.69) is 15.2 Å². The number of rotatable bonds is 4. The molecule has 0 spiro atoms. The van der Waals surface area contributed by atoms with Gasteiger partial charge in [0.1, 0.15) is 0 Å². The van der Waals surface area contributed by atoms with E-state index in [0.717, 1.165) is 36.8 Å². The van der Waals surface area contributed by atoms with Crippen molar-refractivity contribution in [2.45, 2.75) is 25.6 Å². The number of aromatic nitrogens is 1. The first-order valence-corrected chi connectivity index (χ1v) is 10.1. The molecule has 2 saturated heterocycles. The van der Waals surface area contributed by atoms with Crippen LogP contribution in [0.3, 0.4) is 0 Å². The Morgan fingerprint density at radius 3 is 2.73 bits per heavy atom. The number of carbonyl (C=O) groups is 1. The summed E-state index contributed by atoms with van der Waals surface area (Å²) in [6.45, 7) is 6.12. The second-order valence-electron chi connectivity index (χ2n) is 7.87. The predicted octanol–water partition coefficient (Wildman–Crippen LogP) is 2.59. The zero-order valence-electron chi connectivity index (χ0n) is 16.8. The molecule has 6 nitrogen and oxygen atoms in total. The van der Waals surface area contributed by atoms with E-state index in [-0.39, 0.29) is 17.5 Å². The number of halogens is 3. The van der Waals surface area contributed by atoms with E-state index in [9.17, 15) is 18.0 Å². The van der Waals surface area contributed by atoms with Crippen LogP contribution >= 0.6 is 0 Å². The summed E-state index contributed by atoms with van der Waals surface area (Å²) in [5.41, 5.74) is 0.730. The molecule has 2 aliphatic rings. The van der Waals surface area contributed by atoms with Crippen molar-refractivity contribution in [2.75, 3.05) is 50.8 Å². The zero-order chi connectivity index (χ0) is 21.3. The summed E-state index contributed by atoms with van der Waals surface area (Å²) < 4.78 is 45.6. The molecule has 0 bridgehead atoms. The maximum absolute atomic E-state index is 13.4. The van der Waals surface area contributed by atoms with Crippen LogP contribution in [0.15, 0.2) is 24.4 Å². The number of fused-ring (bicyclic) bond motifs is 1. The number of hydrogen-bond acceptors (Lipinski definition) is 5. The van der Waals surface area contributed by atoms with Crippen molar-refractivity contribution in [3.8, 4) is 0 Å². The van der Waals surface area contributed by atoms with Crippen LogP contribution in [-0.2, 0) is 15.7 Å². The van der Waals surface area contributed by atoms with Crippen LogP contribution in [0, 0.1) is 6.92 Å². The molecule has 3 heterocycles. The number of amides is 1. The molecule has 30 heavy (non-hydrogen) atoms. The average molecular weight is 422 g/mol. The molecule has 1 aromatic carbocycles. The second kappa shape index (κ2) is 8.39. The Balaban J connectivity index is 1.49. The average Bonchev–Trinajstić information content (AvgIpc) is 3.15. The zero-order valence-corrected chi connectivity index (χ0v) is 16.8. The van der Waals surface area contributed by atoms with Crippen molar-refractivity contribution >= 4 is 22.5 Å². The third-order valence-electron chi connectivity index (χ3n) is 5.75. The fourth-order valence-corrected chi connectivity index (χ4v) is 4.24. The molecule has 1 atom stereocenters. The molecule has 0 radical (unpaired) electrons. The van der Waals surface area contributed by atoms with Gasteiger partial charge in [-0.2, -0.15) is 13.2 Å². The minimum absolute atomic E-state index is 0.0280. The van der Waals surface area contributed by atoms with Gasteiger partial charge in [-0.05, 0) is 37.1 Å². The fourth-order valence-electron chi connectivity index (χ4n) is 4.24. The monoisotopic (exact) mass is 422 g/mol. The molecule has 0 aliphatic carbocycles. The number of nitrogens with zero attached hydrogens (tertiary/aromatic N) is 3. The summed E-state index contributed by atoms with van der Waals surface area (Å²) in [6, 6.07) is 4.32. The molecule has 2 aliphatic heterocycles. The molecule has 2 aromatic rings. The number of nitrogens with one attached hydrogen (secondary N) is 1. The number of benzene rings is 1. The van der Waals surface area contributed by atoms with Crippen LogP contribution in [0.2, 0.25) is 0 Å². The molecule has 1 amide bonds. The van der Waals surface area contributed by atoms with Crippen LogP contribution in [0.25, 0.3) is 10.9 Å². The van der Waals surface area contributed by atoms with E-state index in [0.29, 0.717) is 38.2 Å². The summed E-state index contributed by atoms with van der Waals surface area (Å²) >= 11 is 0. The first-order valence-electron chi connectivity index (χ1n) is 10.1. The van der Waals surface area contributed by atoms with Gasteiger partial charge in [0.05, 0.1) is 30.8 Å². The minimum Gasteiger partial charge on any atom is -0.379 e. The van der Waals surface area contributed by atoms with Gasteiger partial charge in [0, 0.05) is 49.5 Å². The topological polar surface area (TPSA) is 57.7 Å². The van der Waals surface area contributed by atoms with Crippen molar-refractivity contribution < 1.29 is 22.7 Å². The number of carbonyl (C=O) groups excluding carboxylic acids is 1. The Morgan fingerprint density at radius 1 is 1.23 bits per heavy atom. The van der Waals surface area contributed by atoms with Crippen LogP contribution in [0.1, 0.15) is 17.5 Å². The standard InChI is InChI=1S/C21H25F3N4O2/c1-14-4-6-25-20-16(21(22,23)24)2-3-17(19(14)20)28-7-5-15(12-28)26-18(29)13-27-8-10-30-11-9-27/h2-4,6,15H,5,7-13H2,1H3,(H,26,29). The van der Waals surface area contributed by atoms with Gasteiger partial charge in [-0.3, -0.25) is 14.7 Å². The quantitative estimate of drug-likeness (QED) is 0.821. The smallest absolute Gasteiger partial charge is 0.379 e. The highest BCUT2D eigenvalue weighted by Crippen LogP contribution is 2.39. The number of aryl methyl sites for hydroxylation is 1. The molecular formula is C21H25F3N4O2. The van der Waals surface area contributed by atoms with Gasteiger partial charge in [-0.1, -0.05) is 0 Å². The number of hydrogen-bond donors (Lipinski definition) is 1. The third-order valence-corrected chi connectivity index (χ3v) is 5.75. The molecule has 1 unspecified atom stereocenters. The lowest BCUT2D eigenvalue weighted by atomic mass is 10.0. The van der Waals surface area contributed by atoms with Crippen molar-refractivity contribution in [3.05, 3.63) is 35.5 Å². The van der Waals surface area contributed by atoms with E-state index in [4.69, 9.17) is 4.74 Å². The largest absolute Gasteiger partial charge is 0.418 e. The molecule has 2 fully saturated rings. The summed E-state index contributed by atoms with van der Waals surface area (Å²) in [7, 11) is 0. The highest BCUT2D eigenvalue weighted by atomic mass is 19.4. The number of alkyl halides is 3. The van der Waals surface area contributed by atoms with Gasteiger partial charge in [-0.15, -0.1) is 0 Å². The lowest BCUT2D eigenvalue weighted by Gasteiger charge is -2.26. The fraction of sp³-hybridized carbons (Fsp3) is 0.524. The highest BCUT2D eigenvalue weighted by molar-refractivity contribution is 5.96. The Kier molecular flexibility index (Phi) is 5.84. The molecule has 9 heteroatoms. The summed E-state index contributed by atoms with van der Waals surface area (Å²) in [4.78, 5) is 20.5. The number of morpholine rings is 1. The normalized spacial score (nSPS) is 20.7. The van der Waals surface area contributed by atoms with E-state index >= 15 is 0 Å². The number of anilines is 1. The van der Waals surface area contributed by atoms with Gasteiger partial charge < -0.3 is 15.0 Å². The van der Waals surface area contributed by atoms with Crippen molar-refractivity contribution in [2.24, 2.45) is 0 Å². The van der Waals surface area contributed by atoms with Crippen LogP contribution in [0.4, 0.5) is 18.9 Å². The summed E-state index contributed by atoms with van der Waals surface area (Å²) in [5, 5.41) is 3.59. The summed E-state index contributed by atoms with van der Waals surface area (Å²) in [6.07, 6.45) is -2.30. The van der Waals surface area contributed by atoms with Crippen molar-refractivity contribution in [1.82, 2.24) is 15.2 Å². The van der Waals surface area contributed by atoms with Crippen molar-refractivity contribution in [1.29, 1.82) is 0 Å². The molecule has 4 rings (SSSR count). The highest BCUT2D eigenvalue weighted by Gasteiger charge is 2.35. The Bertz CT molecular complexity index is 928. The van der Waals surface area contributed by atoms with Crippen LogP contribution in [-0.4, -0.2) is 67.8 Å². The predicted molar refractivity (Wildman–Crippen MR) is 108 cm³/mol. The van der Waals surface area contributed by atoms with Gasteiger partial charge in [0.25, 0.3) is 0 Å². The number of pyridine rings is 1. The minimum atomic E-state index is -4.46. The van der Waals surface area contributed by atoms with Gasteiger partial charge in [0.15, 0.2) is 0 Å². The van der Waals surface area contributed by atoms with Crippen LogP contribution in [0.5, 0.6) is 0 Å². The summed E-state index contributed by atoms with van der Waals surface area (Å²) in [5.74, 6) is -0.0288. The number of ether oxygens (including phenoxy) is 1. The second-order valence-corrected chi connectivity index (χ2v) is 7.87. The molecule has 0 saturated carbocycles. The van der Waals surface area contributed by atoms with Gasteiger partial charge in [0.2, 0.25) is 5.91 Å². The van der Waals surface area contributed by atoms with E-state index < -0.39 is 11.7 Å². The van der Waals surface area contributed by atoms with Crippen LogP contribution < -0.4 is 10.2 Å². The Morgan fingerprint density at radius 2 is 2.00 bits per heavy atom. The first-order chi connectivity index (χ1) is 14.3. The van der Waals surface area contributed by atoms with Gasteiger partial charge in [-0.25, -0.2) is 0 Å².